The van der Waals surface area contributed by atoms with E-state index in [1.165, 1.54) is 7.11 Å². The van der Waals surface area contributed by atoms with E-state index < -0.39 is 6.09 Å². The van der Waals surface area contributed by atoms with Crippen LogP contribution in [0.5, 0.6) is 0 Å². The van der Waals surface area contributed by atoms with Crippen LogP contribution in [0, 0.1) is 0 Å². The van der Waals surface area contributed by atoms with Crippen LogP contribution in [-0.2, 0) is 11.2 Å². The molecule has 0 aromatic heterocycles. The summed E-state index contributed by atoms with van der Waals surface area (Å²) in [6.45, 7) is 0. The van der Waals surface area contributed by atoms with Gasteiger partial charge in [-0.2, -0.15) is 4.99 Å². The lowest BCUT2D eigenvalue weighted by molar-refractivity contribution is 0.182. The minimum absolute atomic E-state index is 0.559. The first-order chi connectivity index (χ1) is 6.33. The van der Waals surface area contributed by atoms with Gasteiger partial charge in [0.2, 0.25) is 0 Å². The molecule has 1 rings (SSSR count). The van der Waals surface area contributed by atoms with Crippen molar-refractivity contribution < 1.29 is 9.53 Å². The number of amides is 1. The van der Waals surface area contributed by atoms with Crippen molar-refractivity contribution in [3.8, 4) is 0 Å². The summed E-state index contributed by atoms with van der Waals surface area (Å²) < 4.78 is 4.35. The fraction of sp³-hybridized carbons (Fsp3) is 0.200. The van der Waals surface area contributed by atoms with Crippen LogP contribution >= 0.6 is 0 Å². The van der Waals surface area contributed by atoms with E-state index in [4.69, 9.17) is 0 Å². The molecule has 0 fully saturated rings. The minimum Gasteiger partial charge on any atom is -0.451 e. The number of hydrogen-bond donors (Lipinski definition) is 0. The van der Waals surface area contributed by atoms with Crippen molar-refractivity contribution >= 4 is 12.3 Å². The summed E-state index contributed by atoms with van der Waals surface area (Å²) in [5.74, 6) is 0. The molecule has 0 radical (unpaired) electrons. The van der Waals surface area contributed by atoms with E-state index in [-0.39, 0.29) is 0 Å². The molecule has 0 N–H and O–H groups in total. The van der Waals surface area contributed by atoms with Crippen molar-refractivity contribution in [3.63, 3.8) is 0 Å². The average molecular weight is 177 g/mol. The maximum absolute atomic E-state index is 10.6. The Kier molecular flexibility index (Phi) is 3.70. The Labute approximate surface area is 77.1 Å². The molecule has 0 heterocycles. The van der Waals surface area contributed by atoms with E-state index >= 15 is 0 Å². The zero-order chi connectivity index (χ0) is 9.52. The van der Waals surface area contributed by atoms with Gasteiger partial charge in [-0.05, 0) is 5.56 Å². The van der Waals surface area contributed by atoms with Crippen LogP contribution in [0.2, 0.25) is 0 Å². The highest BCUT2D eigenvalue weighted by Crippen LogP contribution is 1.97. The third-order valence-corrected chi connectivity index (χ3v) is 1.54. The van der Waals surface area contributed by atoms with Gasteiger partial charge in [0.15, 0.2) is 0 Å². The minimum atomic E-state index is -0.559. The highest BCUT2D eigenvalue weighted by atomic mass is 16.5. The summed E-state index contributed by atoms with van der Waals surface area (Å²) in [5, 5.41) is 0. The average Bonchev–Trinajstić information content (AvgIpc) is 2.19. The SMILES string of the molecule is COC(=O)N=CCc1ccccc1. The van der Waals surface area contributed by atoms with Crippen molar-refractivity contribution in [1.82, 2.24) is 0 Å². The van der Waals surface area contributed by atoms with Gasteiger partial charge < -0.3 is 4.74 Å². The molecular weight excluding hydrogens is 166 g/mol. The highest BCUT2D eigenvalue weighted by molar-refractivity contribution is 5.79. The van der Waals surface area contributed by atoms with Gasteiger partial charge in [0.25, 0.3) is 0 Å². The molecule has 1 amide bonds. The molecule has 0 atom stereocenters. The fourth-order valence-corrected chi connectivity index (χ4v) is 0.892. The van der Waals surface area contributed by atoms with Crippen molar-refractivity contribution in [3.05, 3.63) is 35.9 Å². The monoisotopic (exact) mass is 177 g/mol. The molecule has 0 spiro atoms. The number of carbonyl (C=O) groups excluding carboxylic acids is 1. The lowest BCUT2D eigenvalue weighted by Crippen LogP contribution is -1.94. The summed E-state index contributed by atoms with van der Waals surface area (Å²) >= 11 is 0. The Balaban J connectivity index is 2.44. The van der Waals surface area contributed by atoms with E-state index in [2.05, 4.69) is 9.73 Å². The van der Waals surface area contributed by atoms with Gasteiger partial charge in [0, 0.05) is 12.6 Å². The molecule has 0 bridgehead atoms. The van der Waals surface area contributed by atoms with E-state index in [1.54, 1.807) is 6.21 Å². The van der Waals surface area contributed by atoms with Crippen LogP contribution in [0.25, 0.3) is 0 Å². The lowest BCUT2D eigenvalue weighted by atomic mass is 10.2. The lowest BCUT2D eigenvalue weighted by Gasteiger charge is -1.93. The summed E-state index contributed by atoms with van der Waals surface area (Å²) in [7, 11) is 1.31. The van der Waals surface area contributed by atoms with Gasteiger partial charge in [0.05, 0.1) is 7.11 Å². The van der Waals surface area contributed by atoms with Crippen molar-refractivity contribution in [2.75, 3.05) is 7.11 Å². The number of ether oxygens (including phenoxy) is 1. The largest absolute Gasteiger partial charge is 0.451 e. The molecule has 0 aliphatic rings. The standard InChI is InChI=1S/C10H11NO2/c1-13-10(12)11-8-7-9-5-3-2-4-6-9/h2-6,8H,7H2,1H3. The number of rotatable bonds is 2. The summed E-state index contributed by atoms with van der Waals surface area (Å²) in [4.78, 5) is 14.1. The summed E-state index contributed by atoms with van der Waals surface area (Å²) in [6, 6.07) is 9.79. The zero-order valence-corrected chi connectivity index (χ0v) is 7.43. The Morgan fingerprint density at radius 2 is 2.15 bits per heavy atom. The fourth-order valence-electron chi connectivity index (χ4n) is 0.892. The Morgan fingerprint density at radius 3 is 2.77 bits per heavy atom. The molecule has 3 nitrogen and oxygen atoms in total. The smallest absolute Gasteiger partial charge is 0.432 e. The van der Waals surface area contributed by atoms with Crippen LogP contribution < -0.4 is 0 Å². The maximum atomic E-state index is 10.6. The van der Waals surface area contributed by atoms with Crippen LogP contribution in [-0.4, -0.2) is 19.4 Å². The second-order valence-corrected chi connectivity index (χ2v) is 2.47. The molecule has 0 unspecified atom stereocenters. The first-order valence-corrected chi connectivity index (χ1v) is 3.97. The molecule has 0 aliphatic heterocycles. The van der Waals surface area contributed by atoms with Crippen LogP contribution in [0.15, 0.2) is 35.3 Å². The van der Waals surface area contributed by atoms with Crippen LogP contribution in [0.4, 0.5) is 4.79 Å². The molecule has 3 heteroatoms. The quantitative estimate of drug-likeness (QED) is 0.648. The first-order valence-electron chi connectivity index (χ1n) is 3.97. The van der Waals surface area contributed by atoms with Crippen molar-refractivity contribution in [2.24, 2.45) is 4.99 Å². The maximum Gasteiger partial charge on any atom is 0.432 e. The third kappa shape index (κ3) is 3.51. The molecule has 0 saturated carbocycles. The molecule has 13 heavy (non-hydrogen) atoms. The second-order valence-electron chi connectivity index (χ2n) is 2.47. The molecule has 0 saturated heterocycles. The topological polar surface area (TPSA) is 38.7 Å². The third-order valence-electron chi connectivity index (χ3n) is 1.54. The normalized spacial score (nSPS) is 10.2. The predicted octanol–water partition coefficient (Wildman–Crippen LogP) is 2.07. The number of hydrogen-bond acceptors (Lipinski definition) is 2. The number of benzene rings is 1. The molecule has 1 aromatic rings. The van der Waals surface area contributed by atoms with E-state index in [0.717, 1.165) is 5.56 Å². The Hall–Kier alpha value is -1.64. The number of aliphatic imine (C=N–C) groups is 1. The van der Waals surface area contributed by atoms with Gasteiger partial charge >= 0.3 is 6.09 Å². The summed E-state index contributed by atoms with van der Waals surface area (Å²) in [6.07, 6.45) is 1.63. The Bertz CT molecular complexity index is 293. The Morgan fingerprint density at radius 1 is 1.46 bits per heavy atom. The molecular formula is C10H11NO2. The number of nitrogens with zero attached hydrogens (tertiary/aromatic N) is 1. The van der Waals surface area contributed by atoms with Gasteiger partial charge in [-0.15, -0.1) is 0 Å². The van der Waals surface area contributed by atoms with Gasteiger partial charge in [-0.1, -0.05) is 30.3 Å². The van der Waals surface area contributed by atoms with E-state index in [1.807, 2.05) is 30.3 Å². The first kappa shape index (κ1) is 9.45. The van der Waals surface area contributed by atoms with Crippen molar-refractivity contribution in [1.29, 1.82) is 0 Å². The van der Waals surface area contributed by atoms with Gasteiger partial charge in [0.1, 0.15) is 0 Å². The van der Waals surface area contributed by atoms with Gasteiger partial charge in [-0.3, -0.25) is 0 Å². The van der Waals surface area contributed by atoms with E-state index in [9.17, 15) is 4.79 Å². The molecule has 68 valence electrons. The van der Waals surface area contributed by atoms with Gasteiger partial charge in [-0.25, -0.2) is 4.79 Å². The van der Waals surface area contributed by atoms with Crippen LogP contribution in [0.1, 0.15) is 5.56 Å². The predicted molar refractivity (Wildman–Crippen MR) is 51.0 cm³/mol. The molecule has 1 aromatic carbocycles. The second kappa shape index (κ2) is 5.09. The summed E-state index contributed by atoms with van der Waals surface area (Å²) in [5.41, 5.74) is 1.12. The van der Waals surface area contributed by atoms with Crippen LogP contribution in [0.3, 0.4) is 0 Å². The zero-order valence-electron chi connectivity index (χ0n) is 7.43. The number of methoxy groups -OCH3 is 1. The molecule has 0 aliphatic carbocycles. The van der Waals surface area contributed by atoms with Crippen molar-refractivity contribution in [2.45, 2.75) is 6.42 Å². The number of carbonyl (C=O) groups is 1. The highest BCUT2D eigenvalue weighted by Gasteiger charge is 1.91. The van der Waals surface area contributed by atoms with E-state index in [0.29, 0.717) is 6.42 Å².